The minimum absolute atomic E-state index is 0.127. The van der Waals surface area contributed by atoms with Crippen LogP contribution in [-0.4, -0.2) is 48.1 Å². The summed E-state index contributed by atoms with van der Waals surface area (Å²) >= 11 is 0. The van der Waals surface area contributed by atoms with Crippen molar-refractivity contribution in [3.63, 3.8) is 0 Å². The van der Waals surface area contributed by atoms with E-state index < -0.39 is 10.0 Å². The second kappa shape index (κ2) is 9.61. The van der Waals surface area contributed by atoms with E-state index in [1.54, 1.807) is 18.5 Å². The summed E-state index contributed by atoms with van der Waals surface area (Å²) in [6, 6.07) is 7.60. The van der Waals surface area contributed by atoms with Crippen molar-refractivity contribution in [2.75, 3.05) is 19.7 Å². The second-order valence-electron chi connectivity index (χ2n) is 7.40. The van der Waals surface area contributed by atoms with Gasteiger partial charge in [0.25, 0.3) is 0 Å². The van der Waals surface area contributed by atoms with Gasteiger partial charge in [-0.1, -0.05) is 18.2 Å². The van der Waals surface area contributed by atoms with Gasteiger partial charge in [0.2, 0.25) is 15.9 Å². The standard InChI is InChI=1S/C21H30N4O4S/c1-4-29-19-10-6-5-9-18(19)15-22-20(26)11-14-25-17(3)21(16(2)23-25)30(27,28)24-12-7-8-13-24/h5-6,9-10H,4,7-8,11-15H2,1-3H3,(H,22,26). The van der Waals surface area contributed by atoms with Gasteiger partial charge < -0.3 is 10.1 Å². The van der Waals surface area contributed by atoms with Crippen LogP contribution in [0.3, 0.4) is 0 Å². The molecule has 3 rings (SSSR count). The molecular formula is C21H30N4O4S. The molecule has 1 saturated heterocycles. The number of amides is 1. The van der Waals surface area contributed by atoms with Crippen molar-refractivity contribution in [1.29, 1.82) is 0 Å². The summed E-state index contributed by atoms with van der Waals surface area (Å²) in [6.45, 7) is 7.74. The number of aryl methyl sites for hydroxylation is 2. The number of carbonyl (C=O) groups excluding carboxylic acids is 1. The lowest BCUT2D eigenvalue weighted by Gasteiger charge is -2.15. The van der Waals surface area contributed by atoms with Crippen LogP contribution in [0.15, 0.2) is 29.2 Å². The lowest BCUT2D eigenvalue weighted by Crippen LogP contribution is -2.28. The van der Waals surface area contributed by atoms with Gasteiger partial charge in [-0.15, -0.1) is 0 Å². The number of carbonyl (C=O) groups is 1. The highest BCUT2D eigenvalue weighted by Crippen LogP contribution is 2.26. The van der Waals surface area contributed by atoms with Crippen LogP contribution in [0.5, 0.6) is 5.75 Å². The van der Waals surface area contributed by atoms with Crippen LogP contribution in [0.2, 0.25) is 0 Å². The van der Waals surface area contributed by atoms with Crippen LogP contribution >= 0.6 is 0 Å². The van der Waals surface area contributed by atoms with Crippen molar-refractivity contribution in [3.8, 4) is 5.75 Å². The third kappa shape index (κ3) is 4.84. The van der Waals surface area contributed by atoms with Crippen LogP contribution in [-0.2, 0) is 27.9 Å². The van der Waals surface area contributed by atoms with Crippen molar-refractivity contribution >= 4 is 15.9 Å². The molecule has 1 fully saturated rings. The third-order valence-electron chi connectivity index (χ3n) is 5.28. The van der Waals surface area contributed by atoms with Gasteiger partial charge in [0, 0.05) is 31.6 Å². The van der Waals surface area contributed by atoms with Gasteiger partial charge in [-0.3, -0.25) is 9.48 Å². The quantitative estimate of drug-likeness (QED) is 0.654. The SMILES string of the molecule is CCOc1ccccc1CNC(=O)CCn1nc(C)c(S(=O)(=O)N2CCCC2)c1C. The Kier molecular flexibility index (Phi) is 7.14. The van der Waals surface area contributed by atoms with Crippen molar-refractivity contribution in [2.24, 2.45) is 0 Å². The minimum Gasteiger partial charge on any atom is -0.494 e. The molecule has 2 aromatic rings. The summed E-state index contributed by atoms with van der Waals surface area (Å²) in [5.74, 6) is 0.633. The second-order valence-corrected chi connectivity index (χ2v) is 9.28. The zero-order chi connectivity index (χ0) is 21.7. The molecule has 1 aromatic heterocycles. The fourth-order valence-electron chi connectivity index (χ4n) is 3.76. The van der Waals surface area contributed by atoms with Crippen molar-refractivity contribution in [3.05, 3.63) is 41.2 Å². The lowest BCUT2D eigenvalue weighted by molar-refractivity contribution is -0.121. The van der Waals surface area contributed by atoms with Gasteiger partial charge in [0.1, 0.15) is 10.6 Å². The van der Waals surface area contributed by atoms with Crippen LogP contribution < -0.4 is 10.1 Å². The van der Waals surface area contributed by atoms with Gasteiger partial charge in [0.15, 0.2) is 0 Å². The molecule has 0 bridgehead atoms. The number of nitrogens with one attached hydrogen (secondary N) is 1. The Bertz CT molecular complexity index is 994. The molecule has 1 aromatic carbocycles. The molecule has 1 aliphatic heterocycles. The highest BCUT2D eigenvalue weighted by atomic mass is 32.2. The molecule has 0 atom stereocenters. The summed E-state index contributed by atoms with van der Waals surface area (Å²) in [6.07, 6.45) is 1.98. The van der Waals surface area contributed by atoms with E-state index in [4.69, 9.17) is 4.74 Å². The molecule has 30 heavy (non-hydrogen) atoms. The van der Waals surface area contributed by atoms with Crippen LogP contribution in [0.25, 0.3) is 0 Å². The van der Waals surface area contributed by atoms with Gasteiger partial charge >= 0.3 is 0 Å². The third-order valence-corrected chi connectivity index (χ3v) is 7.43. The van der Waals surface area contributed by atoms with E-state index in [1.165, 1.54) is 4.31 Å². The summed E-state index contributed by atoms with van der Waals surface area (Å²) in [5, 5.41) is 7.28. The average Bonchev–Trinajstić information content (AvgIpc) is 3.35. The van der Waals surface area contributed by atoms with E-state index in [-0.39, 0.29) is 17.2 Å². The summed E-state index contributed by atoms with van der Waals surface area (Å²) in [5.41, 5.74) is 1.97. The van der Waals surface area contributed by atoms with Crippen LogP contribution in [0.1, 0.15) is 43.1 Å². The van der Waals surface area contributed by atoms with Gasteiger partial charge in [-0.05, 0) is 39.7 Å². The number of sulfonamides is 1. The molecule has 0 unspecified atom stereocenters. The summed E-state index contributed by atoms with van der Waals surface area (Å²) < 4.78 is 34.6. The Hall–Kier alpha value is -2.39. The number of rotatable bonds is 9. The minimum atomic E-state index is -3.54. The normalized spacial score (nSPS) is 14.8. The Balaban J connectivity index is 1.62. The monoisotopic (exact) mass is 434 g/mol. The molecule has 1 amide bonds. The first kappa shape index (κ1) is 22.3. The number of aromatic nitrogens is 2. The van der Waals surface area contributed by atoms with E-state index in [1.807, 2.05) is 31.2 Å². The highest BCUT2D eigenvalue weighted by molar-refractivity contribution is 7.89. The average molecular weight is 435 g/mol. The van der Waals surface area contributed by atoms with Crippen LogP contribution in [0, 0.1) is 13.8 Å². The van der Waals surface area contributed by atoms with E-state index in [0.29, 0.717) is 44.2 Å². The van der Waals surface area contributed by atoms with E-state index in [9.17, 15) is 13.2 Å². The zero-order valence-corrected chi connectivity index (χ0v) is 18.7. The maximum Gasteiger partial charge on any atom is 0.246 e. The van der Waals surface area contributed by atoms with Gasteiger partial charge in [-0.2, -0.15) is 9.40 Å². The first-order chi connectivity index (χ1) is 14.3. The highest BCUT2D eigenvalue weighted by Gasteiger charge is 2.32. The fourth-order valence-corrected chi connectivity index (χ4v) is 5.65. The van der Waals surface area contributed by atoms with E-state index >= 15 is 0 Å². The molecular weight excluding hydrogens is 404 g/mol. The van der Waals surface area contributed by atoms with Crippen molar-refractivity contribution in [2.45, 2.75) is 58.0 Å². The topological polar surface area (TPSA) is 93.5 Å². The first-order valence-electron chi connectivity index (χ1n) is 10.4. The molecule has 2 heterocycles. The number of nitrogens with zero attached hydrogens (tertiary/aromatic N) is 3. The first-order valence-corrected chi connectivity index (χ1v) is 11.8. The number of benzene rings is 1. The van der Waals surface area contributed by atoms with E-state index in [2.05, 4.69) is 10.4 Å². The van der Waals surface area contributed by atoms with Gasteiger partial charge in [-0.25, -0.2) is 8.42 Å². The molecule has 8 nitrogen and oxygen atoms in total. The summed E-state index contributed by atoms with van der Waals surface area (Å²) in [7, 11) is -3.54. The molecule has 164 valence electrons. The molecule has 9 heteroatoms. The zero-order valence-electron chi connectivity index (χ0n) is 17.8. The smallest absolute Gasteiger partial charge is 0.246 e. The molecule has 1 N–H and O–H groups in total. The van der Waals surface area contributed by atoms with Crippen LogP contribution in [0.4, 0.5) is 0 Å². The maximum absolute atomic E-state index is 13.0. The predicted octanol–water partition coefficient (Wildman–Crippen LogP) is 2.39. The molecule has 0 spiro atoms. The number of para-hydroxylation sites is 1. The molecule has 0 aliphatic carbocycles. The lowest BCUT2D eigenvalue weighted by atomic mass is 10.2. The van der Waals surface area contributed by atoms with Crippen molar-refractivity contribution < 1.29 is 17.9 Å². The Morgan fingerprint density at radius 2 is 1.90 bits per heavy atom. The number of hydrogen-bond acceptors (Lipinski definition) is 5. The summed E-state index contributed by atoms with van der Waals surface area (Å²) in [4.78, 5) is 12.6. The molecule has 1 aliphatic rings. The predicted molar refractivity (Wildman–Crippen MR) is 114 cm³/mol. The molecule has 0 radical (unpaired) electrons. The fraction of sp³-hybridized carbons (Fsp3) is 0.524. The Labute approximate surface area is 178 Å². The number of ether oxygens (including phenoxy) is 1. The number of hydrogen-bond donors (Lipinski definition) is 1. The Morgan fingerprint density at radius 3 is 2.60 bits per heavy atom. The maximum atomic E-state index is 13.0. The molecule has 0 saturated carbocycles. The largest absolute Gasteiger partial charge is 0.494 e. The van der Waals surface area contributed by atoms with Gasteiger partial charge in [0.05, 0.1) is 24.5 Å². The Morgan fingerprint density at radius 1 is 1.20 bits per heavy atom. The van der Waals surface area contributed by atoms with E-state index in [0.717, 1.165) is 24.2 Å². The van der Waals surface area contributed by atoms with Crippen molar-refractivity contribution in [1.82, 2.24) is 19.4 Å².